The van der Waals surface area contributed by atoms with Gasteiger partial charge in [0.1, 0.15) is 24.8 Å². The second-order valence-electron chi connectivity index (χ2n) is 6.84. The van der Waals surface area contributed by atoms with Crippen molar-refractivity contribution in [3.05, 3.63) is 83.9 Å². The number of carbonyl (C=O) groups excluding carboxylic acids is 1. The van der Waals surface area contributed by atoms with E-state index in [1.807, 2.05) is 12.1 Å². The lowest BCUT2D eigenvalue weighted by Gasteiger charge is -2.23. The number of fused-ring (bicyclic) bond motifs is 1. The van der Waals surface area contributed by atoms with Crippen LogP contribution in [0.1, 0.15) is 11.1 Å². The number of amides is 1. The molecule has 0 saturated heterocycles. The van der Waals surface area contributed by atoms with Crippen LogP contribution in [-0.4, -0.2) is 35.6 Å². The number of aromatic nitrogens is 1. The fraction of sp³-hybridized carbons (Fsp3) is 0.217. The number of benzene rings is 2. The predicted octanol–water partition coefficient (Wildman–Crippen LogP) is 3.60. The van der Waals surface area contributed by atoms with Gasteiger partial charge in [0.2, 0.25) is 0 Å². The van der Waals surface area contributed by atoms with Crippen molar-refractivity contribution in [1.29, 1.82) is 0 Å². The number of nitrogens with zero attached hydrogens (tertiary/aromatic N) is 2. The highest BCUT2D eigenvalue weighted by atomic mass is 19.1. The van der Waals surface area contributed by atoms with E-state index in [4.69, 9.17) is 14.2 Å². The summed E-state index contributed by atoms with van der Waals surface area (Å²) in [5, 5.41) is 0. The van der Waals surface area contributed by atoms with E-state index < -0.39 is 0 Å². The normalized spacial score (nSPS) is 12.3. The van der Waals surface area contributed by atoms with Crippen molar-refractivity contribution in [2.24, 2.45) is 0 Å². The fourth-order valence-electron chi connectivity index (χ4n) is 3.15. The molecule has 0 unspecified atom stereocenters. The maximum Gasteiger partial charge on any atom is 0.261 e. The molecule has 7 heteroatoms. The fourth-order valence-corrected chi connectivity index (χ4v) is 3.15. The third-order valence-corrected chi connectivity index (χ3v) is 4.59. The lowest BCUT2D eigenvalue weighted by atomic mass is 10.2. The Bertz CT molecular complexity index is 1010. The van der Waals surface area contributed by atoms with Gasteiger partial charge in [-0.15, -0.1) is 0 Å². The SMILES string of the molecule is O=C(COc1ccc2c(c1)OCCO2)N(Cc1cccnc1)Cc1cccc(F)c1. The van der Waals surface area contributed by atoms with Gasteiger partial charge in [-0.05, 0) is 41.5 Å². The molecule has 1 amide bonds. The predicted molar refractivity (Wildman–Crippen MR) is 108 cm³/mol. The number of carbonyl (C=O) groups is 1. The van der Waals surface area contributed by atoms with Crippen LogP contribution in [0.2, 0.25) is 0 Å². The van der Waals surface area contributed by atoms with Gasteiger partial charge >= 0.3 is 0 Å². The molecule has 1 aromatic heterocycles. The zero-order valence-electron chi connectivity index (χ0n) is 16.3. The first kappa shape index (κ1) is 19.7. The lowest BCUT2D eigenvalue weighted by Crippen LogP contribution is -2.34. The minimum absolute atomic E-state index is 0.158. The van der Waals surface area contributed by atoms with Gasteiger partial charge in [-0.1, -0.05) is 18.2 Å². The molecule has 4 rings (SSSR count). The quantitative estimate of drug-likeness (QED) is 0.598. The number of rotatable bonds is 7. The molecule has 1 aliphatic heterocycles. The molecule has 0 bridgehead atoms. The average Bonchev–Trinajstić information content (AvgIpc) is 2.77. The van der Waals surface area contributed by atoms with Crippen LogP contribution >= 0.6 is 0 Å². The molecule has 3 aromatic rings. The van der Waals surface area contributed by atoms with E-state index in [-0.39, 0.29) is 24.9 Å². The molecule has 6 nitrogen and oxygen atoms in total. The van der Waals surface area contributed by atoms with Crippen molar-refractivity contribution in [2.75, 3.05) is 19.8 Å². The summed E-state index contributed by atoms with van der Waals surface area (Å²) in [4.78, 5) is 18.6. The van der Waals surface area contributed by atoms with Gasteiger partial charge in [0.15, 0.2) is 18.1 Å². The Morgan fingerprint density at radius 1 is 1.00 bits per heavy atom. The minimum Gasteiger partial charge on any atom is -0.486 e. The highest BCUT2D eigenvalue weighted by Crippen LogP contribution is 2.33. The maximum absolute atomic E-state index is 13.6. The second kappa shape index (κ2) is 9.26. The van der Waals surface area contributed by atoms with E-state index in [1.54, 1.807) is 47.6 Å². The maximum atomic E-state index is 13.6. The molecule has 0 fully saturated rings. The van der Waals surface area contributed by atoms with Crippen LogP contribution in [0, 0.1) is 5.82 Å². The summed E-state index contributed by atoms with van der Waals surface area (Å²) in [5.74, 6) is 1.20. The van der Waals surface area contributed by atoms with E-state index in [2.05, 4.69) is 4.98 Å². The Hall–Kier alpha value is -3.61. The van der Waals surface area contributed by atoms with Crippen LogP contribution in [0.3, 0.4) is 0 Å². The average molecular weight is 408 g/mol. The first-order valence-electron chi connectivity index (χ1n) is 9.61. The third-order valence-electron chi connectivity index (χ3n) is 4.59. The standard InChI is InChI=1S/C23H21FN2O4/c24-19-5-1-3-17(11-19)14-26(15-18-4-2-8-25-13-18)23(27)16-30-20-6-7-21-22(12-20)29-10-9-28-21/h1-8,11-13H,9-10,14-16H2. The molecule has 2 aromatic carbocycles. The van der Waals surface area contributed by atoms with Crippen molar-refractivity contribution < 1.29 is 23.4 Å². The second-order valence-corrected chi connectivity index (χ2v) is 6.84. The lowest BCUT2D eigenvalue weighted by molar-refractivity contribution is -0.134. The van der Waals surface area contributed by atoms with Crippen LogP contribution in [0.25, 0.3) is 0 Å². The Kier molecular flexibility index (Phi) is 6.08. The number of hydrogen-bond donors (Lipinski definition) is 0. The van der Waals surface area contributed by atoms with Gasteiger partial charge in [0, 0.05) is 31.5 Å². The summed E-state index contributed by atoms with van der Waals surface area (Å²) in [6.07, 6.45) is 3.38. The number of halogens is 1. The van der Waals surface area contributed by atoms with Crippen molar-refractivity contribution in [3.63, 3.8) is 0 Å². The van der Waals surface area contributed by atoms with Crippen molar-refractivity contribution >= 4 is 5.91 Å². The van der Waals surface area contributed by atoms with Crippen LogP contribution in [0.15, 0.2) is 67.0 Å². The Morgan fingerprint density at radius 3 is 2.60 bits per heavy atom. The van der Waals surface area contributed by atoms with Crippen molar-refractivity contribution in [1.82, 2.24) is 9.88 Å². The first-order valence-corrected chi connectivity index (χ1v) is 9.61. The van der Waals surface area contributed by atoms with Gasteiger partial charge in [-0.2, -0.15) is 0 Å². The molecule has 2 heterocycles. The van der Waals surface area contributed by atoms with Crippen molar-refractivity contribution in [3.8, 4) is 17.2 Å². The number of ether oxygens (including phenoxy) is 3. The zero-order chi connectivity index (χ0) is 20.8. The highest BCUT2D eigenvalue weighted by Gasteiger charge is 2.17. The van der Waals surface area contributed by atoms with E-state index in [1.165, 1.54) is 12.1 Å². The number of pyridine rings is 1. The summed E-state index contributed by atoms with van der Waals surface area (Å²) >= 11 is 0. The third kappa shape index (κ3) is 5.05. The summed E-state index contributed by atoms with van der Waals surface area (Å²) in [5.41, 5.74) is 1.58. The van der Waals surface area contributed by atoms with Gasteiger partial charge < -0.3 is 19.1 Å². The molecular weight excluding hydrogens is 387 g/mol. The molecular formula is C23H21FN2O4. The molecule has 0 saturated carbocycles. The molecule has 154 valence electrons. The summed E-state index contributed by atoms with van der Waals surface area (Å²) in [7, 11) is 0. The Morgan fingerprint density at radius 2 is 1.80 bits per heavy atom. The topological polar surface area (TPSA) is 60.9 Å². The Labute approximate surface area is 173 Å². The molecule has 1 aliphatic rings. The van der Waals surface area contributed by atoms with E-state index in [9.17, 15) is 9.18 Å². The van der Waals surface area contributed by atoms with Gasteiger partial charge in [0.05, 0.1) is 0 Å². The summed E-state index contributed by atoms with van der Waals surface area (Å²) in [6.45, 7) is 1.43. The van der Waals surface area contributed by atoms with E-state index >= 15 is 0 Å². The van der Waals surface area contributed by atoms with Gasteiger partial charge in [0.25, 0.3) is 5.91 Å². The van der Waals surface area contributed by atoms with Crippen LogP contribution in [-0.2, 0) is 17.9 Å². The monoisotopic (exact) mass is 408 g/mol. The summed E-state index contributed by atoms with van der Waals surface area (Å²) in [6, 6.07) is 15.1. The van der Waals surface area contributed by atoms with Gasteiger partial charge in [-0.25, -0.2) is 4.39 Å². The Balaban J connectivity index is 1.45. The van der Waals surface area contributed by atoms with Crippen LogP contribution in [0.4, 0.5) is 4.39 Å². The molecule has 0 aliphatic carbocycles. The molecule has 0 atom stereocenters. The first-order chi connectivity index (χ1) is 14.7. The minimum atomic E-state index is -0.339. The van der Waals surface area contributed by atoms with Crippen molar-refractivity contribution in [2.45, 2.75) is 13.1 Å². The molecule has 30 heavy (non-hydrogen) atoms. The van der Waals surface area contributed by atoms with E-state index in [0.717, 1.165) is 5.56 Å². The largest absolute Gasteiger partial charge is 0.486 e. The van der Waals surface area contributed by atoms with Crippen LogP contribution in [0.5, 0.6) is 17.2 Å². The summed E-state index contributed by atoms with van der Waals surface area (Å²) < 4.78 is 30.3. The van der Waals surface area contributed by atoms with Gasteiger partial charge in [-0.3, -0.25) is 9.78 Å². The zero-order valence-corrected chi connectivity index (χ0v) is 16.3. The number of hydrogen-bond acceptors (Lipinski definition) is 5. The molecule has 0 N–H and O–H groups in total. The smallest absolute Gasteiger partial charge is 0.261 e. The van der Waals surface area contributed by atoms with Crippen LogP contribution < -0.4 is 14.2 Å². The molecule has 0 radical (unpaired) electrons. The highest BCUT2D eigenvalue weighted by molar-refractivity contribution is 5.77. The van der Waals surface area contributed by atoms with E-state index in [0.29, 0.717) is 42.6 Å². The molecule has 0 spiro atoms.